The van der Waals surface area contributed by atoms with Crippen LogP contribution in [0.1, 0.15) is 66.4 Å². The summed E-state index contributed by atoms with van der Waals surface area (Å²) >= 11 is 0. The number of hydrogen-bond donors (Lipinski definition) is 4. The Morgan fingerprint density at radius 1 is 1.29 bits per heavy atom. The number of rotatable bonds is 3. The molecule has 1 aromatic carbocycles. The van der Waals surface area contributed by atoms with E-state index in [1.165, 1.54) is 19.3 Å². The first kappa shape index (κ1) is 17.2. The van der Waals surface area contributed by atoms with Crippen LogP contribution < -0.4 is 5.73 Å². The average Bonchev–Trinajstić information content (AvgIpc) is 3.13. The van der Waals surface area contributed by atoms with Crippen molar-refractivity contribution in [2.75, 3.05) is 6.54 Å². The Hall–Kier alpha value is -1.63. The predicted octanol–water partition coefficient (Wildman–Crippen LogP) is 1.19. The van der Waals surface area contributed by atoms with E-state index < -0.39 is 23.0 Å². The molecule has 5 N–H and O–H groups in total. The molecule has 2 spiro atoms. The Bertz CT molecular complexity index is 899. The van der Waals surface area contributed by atoms with Crippen LogP contribution in [0.25, 0.3) is 0 Å². The minimum atomic E-state index is -0.977. The van der Waals surface area contributed by atoms with Crippen LogP contribution in [-0.4, -0.2) is 56.0 Å². The lowest BCUT2D eigenvalue weighted by molar-refractivity contribution is -0.105. The van der Waals surface area contributed by atoms with Gasteiger partial charge in [0.05, 0.1) is 23.3 Å². The molecule has 1 aliphatic heterocycles. The zero-order valence-corrected chi connectivity index (χ0v) is 16.0. The lowest BCUT2D eigenvalue weighted by atomic mass is 9.56. The van der Waals surface area contributed by atoms with Crippen molar-refractivity contribution in [2.24, 2.45) is 11.7 Å². The van der Waals surface area contributed by atoms with Crippen LogP contribution in [0.4, 0.5) is 0 Å². The number of carbonyl (C=O) groups excluding carboxylic acids is 1. The van der Waals surface area contributed by atoms with Gasteiger partial charge in [-0.25, -0.2) is 0 Å². The van der Waals surface area contributed by atoms with Crippen molar-refractivity contribution < 1.29 is 20.1 Å². The van der Waals surface area contributed by atoms with Crippen molar-refractivity contribution in [1.29, 1.82) is 0 Å². The summed E-state index contributed by atoms with van der Waals surface area (Å²) in [5, 5.41) is 33.6. The van der Waals surface area contributed by atoms with Crippen molar-refractivity contribution in [1.82, 2.24) is 4.90 Å². The first-order chi connectivity index (χ1) is 13.3. The van der Waals surface area contributed by atoms with E-state index in [1.54, 1.807) is 6.07 Å². The Balaban J connectivity index is 1.52. The predicted molar refractivity (Wildman–Crippen MR) is 102 cm³/mol. The second kappa shape index (κ2) is 5.10. The van der Waals surface area contributed by atoms with Crippen LogP contribution in [0.3, 0.4) is 0 Å². The van der Waals surface area contributed by atoms with E-state index in [9.17, 15) is 20.1 Å². The third-order valence-corrected chi connectivity index (χ3v) is 8.84. The SMILES string of the molecule is NC(=O)c1ccc2c(c1O)[C@@]13C[C@H](O)CC[C@@]1(O)[C@@H]1N(CC4CCC4)C1(C2)C3. The second-order valence-corrected chi connectivity index (χ2v) is 10.1. The highest BCUT2D eigenvalue weighted by molar-refractivity contribution is 5.96. The molecule has 6 rings (SSSR count). The fourth-order valence-electron chi connectivity index (χ4n) is 7.54. The Morgan fingerprint density at radius 2 is 2.07 bits per heavy atom. The van der Waals surface area contributed by atoms with Gasteiger partial charge in [0.1, 0.15) is 5.75 Å². The first-order valence-corrected chi connectivity index (χ1v) is 10.6. The molecule has 5 aliphatic rings. The van der Waals surface area contributed by atoms with E-state index in [4.69, 9.17) is 5.73 Å². The monoisotopic (exact) mass is 384 g/mol. The molecule has 6 heteroatoms. The van der Waals surface area contributed by atoms with Crippen LogP contribution in [0.15, 0.2) is 12.1 Å². The Morgan fingerprint density at radius 3 is 2.75 bits per heavy atom. The lowest BCUT2D eigenvalue weighted by Gasteiger charge is -2.53. The zero-order valence-electron chi connectivity index (χ0n) is 16.0. The molecule has 1 amide bonds. The maximum atomic E-state index is 12.1. The van der Waals surface area contributed by atoms with Gasteiger partial charge in [0.25, 0.3) is 5.91 Å². The standard InChI is InChI=1S/C22H28N2O4/c23-18(27)15-5-4-13-8-21-11-20(16(13)17(15)26)9-14(25)6-7-22(20,28)19(21)24(21)10-12-2-1-3-12/h4-5,12,14,19,25-26,28H,1-3,6-11H2,(H2,23,27)/t14-,19-,20+,21?,22-,24?/m1/s1. The van der Waals surface area contributed by atoms with Crippen molar-refractivity contribution in [3.05, 3.63) is 28.8 Å². The summed E-state index contributed by atoms with van der Waals surface area (Å²) in [5.74, 6) is -0.00920. The van der Waals surface area contributed by atoms with Gasteiger partial charge in [-0.2, -0.15) is 0 Å². The number of amides is 1. The summed E-state index contributed by atoms with van der Waals surface area (Å²) in [6.45, 7) is 1.05. The van der Waals surface area contributed by atoms with Gasteiger partial charge < -0.3 is 21.1 Å². The third-order valence-electron chi connectivity index (χ3n) is 8.84. The minimum absolute atomic E-state index is 0.0674. The molecular formula is C22H28N2O4. The number of aliphatic hydroxyl groups is 2. The van der Waals surface area contributed by atoms with Gasteiger partial charge in [-0.05, 0) is 62.5 Å². The van der Waals surface area contributed by atoms with Crippen molar-refractivity contribution >= 4 is 5.91 Å². The molecule has 150 valence electrons. The van der Waals surface area contributed by atoms with Crippen LogP contribution in [0.2, 0.25) is 0 Å². The van der Waals surface area contributed by atoms with Gasteiger partial charge >= 0.3 is 0 Å². The fourth-order valence-corrected chi connectivity index (χ4v) is 7.54. The van der Waals surface area contributed by atoms with Crippen molar-refractivity contribution in [3.8, 4) is 5.75 Å². The van der Waals surface area contributed by atoms with Gasteiger partial charge in [0, 0.05) is 23.1 Å². The maximum absolute atomic E-state index is 12.1. The molecule has 1 heterocycles. The number of benzene rings is 1. The smallest absolute Gasteiger partial charge is 0.252 e. The summed E-state index contributed by atoms with van der Waals surface area (Å²) in [6.07, 6.45) is 6.43. The largest absolute Gasteiger partial charge is 0.507 e. The highest BCUT2D eigenvalue weighted by Gasteiger charge is 2.84. The summed E-state index contributed by atoms with van der Waals surface area (Å²) in [7, 11) is 0. The molecule has 2 bridgehead atoms. The molecule has 28 heavy (non-hydrogen) atoms. The number of piperidine rings is 1. The highest BCUT2D eigenvalue weighted by Crippen LogP contribution is 2.74. The molecule has 4 fully saturated rings. The number of nitrogens with zero attached hydrogens (tertiary/aromatic N) is 1. The van der Waals surface area contributed by atoms with E-state index in [0.29, 0.717) is 24.8 Å². The third kappa shape index (κ3) is 1.78. The molecule has 1 aromatic rings. The lowest BCUT2D eigenvalue weighted by Crippen LogP contribution is -2.59. The van der Waals surface area contributed by atoms with Gasteiger partial charge in [-0.15, -0.1) is 0 Å². The fraction of sp³-hybridized carbons (Fsp3) is 0.682. The number of likely N-dealkylation sites (tertiary alicyclic amines) is 1. The number of nitrogens with two attached hydrogens (primary N) is 1. The van der Waals surface area contributed by atoms with Gasteiger partial charge in [-0.1, -0.05) is 12.5 Å². The van der Waals surface area contributed by atoms with Gasteiger partial charge in [0.2, 0.25) is 0 Å². The number of phenols is 1. The minimum Gasteiger partial charge on any atom is -0.507 e. The van der Waals surface area contributed by atoms with Gasteiger partial charge in [-0.3, -0.25) is 9.69 Å². The van der Waals surface area contributed by atoms with Crippen LogP contribution in [-0.2, 0) is 11.8 Å². The van der Waals surface area contributed by atoms with E-state index in [1.807, 2.05) is 6.07 Å². The van der Waals surface area contributed by atoms with E-state index in [0.717, 1.165) is 30.9 Å². The second-order valence-electron chi connectivity index (χ2n) is 10.1. The zero-order chi connectivity index (χ0) is 19.5. The summed E-state index contributed by atoms with van der Waals surface area (Å²) in [6, 6.07) is 3.60. The summed E-state index contributed by atoms with van der Waals surface area (Å²) in [4.78, 5) is 14.4. The number of primary amides is 1. The quantitative estimate of drug-likeness (QED) is 0.586. The summed E-state index contributed by atoms with van der Waals surface area (Å²) < 4.78 is 0. The Kier molecular flexibility index (Phi) is 3.14. The molecule has 1 saturated heterocycles. The molecule has 6 nitrogen and oxygen atoms in total. The highest BCUT2D eigenvalue weighted by atomic mass is 16.3. The first-order valence-electron chi connectivity index (χ1n) is 10.6. The molecule has 6 atom stereocenters. The number of aromatic hydroxyl groups is 1. The van der Waals surface area contributed by atoms with Crippen LogP contribution in [0, 0.1) is 5.92 Å². The van der Waals surface area contributed by atoms with Crippen LogP contribution in [0.5, 0.6) is 5.75 Å². The van der Waals surface area contributed by atoms with E-state index in [2.05, 4.69) is 4.90 Å². The summed E-state index contributed by atoms with van der Waals surface area (Å²) in [5.41, 5.74) is 5.52. The van der Waals surface area contributed by atoms with Crippen molar-refractivity contribution in [3.63, 3.8) is 0 Å². The molecule has 3 saturated carbocycles. The normalized spacial score (nSPS) is 45.6. The molecule has 4 aliphatic carbocycles. The Labute approximate surface area is 164 Å². The van der Waals surface area contributed by atoms with Gasteiger partial charge in [0.15, 0.2) is 0 Å². The van der Waals surface area contributed by atoms with E-state index >= 15 is 0 Å². The maximum Gasteiger partial charge on any atom is 0.252 e. The topological polar surface area (TPSA) is 107 Å². The number of carbonyl (C=O) groups is 1. The van der Waals surface area contributed by atoms with E-state index in [-0.39, 0.29) is 22.9 Å². The molecular weight excluding hydrogens is 356 g/mol. The number of fused-ring (bicyclic) bond motifs is 2. The average molecular weight is 384 g/mol. The molecule has 0 aromatic heterocycles. The molecule has 0 radical (unpaired) electrons. The number of hydrogen-bond acceptors (Lipinski definition) is 5. The number of aliphatic hydroxyl groups excluding tert-OH is 1. The molecule has 2 unspecified atom stereocenters. The van der Waals surface area contributed by atoms with Crippen LogP contribution >= 0.6 is 0 Å². The van der Waals surface area contributed by atoms with Crippen molar-refractivity contribution in [2.45, 2.75) is 80.1 Å².